The van der Waals surface area contributed by atoms with E-state index in [9.17, 15) is 35.1 Å². The van der Waals surface area contributed by atoms with Crippen molar-refractivity contribution in [3.63, 3.8) is 0 Å². The first kappa shape index (κ1) is 70.4. The summed E-state index contributed by atoms with van der Waals surface area (Å²) in [5.74, 6) is -0.175. The number of aliphatic hydroxyl groups is 5. The van der Waals surface area contributed by atoms with Crippen molar-refractivity contribution in [3.8, 4) is 0 Å². The van der Waals surface area contributed by atoms with Crippen molar-refractivity contribution in [1.82, 2.24) is 5.32 Å². The van der Waals surface area contributed by atoms with E-state index in [-0.39, 0.29) is 18.5 Å². The number of hydrogen-bond donors (Lipinski definition) is 6. The molecule has 0 bridgehead atoms. The third-order valence-corrected chi connectivity index (χ3v) is 15.4. The lowest BCUT2D eigenvalue weighted by atomic mass is 9.99. The quantitative estimate of drug-likeness (QED) is 0.0195. The smallest absolute Gasteiger partial charge is 0.305 e. The molecule has 0 spiro atoms. The van der Waals surface area contributed by atoms with Gasteiger partial charge in [0.25, 0.3) is 0 Å². The summed E-state index contributed by atoms with van der Waals surface area (Å²) in [6, 6.07) is -0.807. The van der Waals surface area contributed by atoms with Gasteiger partial charge < -0.3 is 45.1 Å². The molecule has 1 aliphatic heterocycles. The first-order valence-electron chi connectivity index (χ1n) is 32.0. The maximum absolute atomic E-state index is 13.0. The van der Waals surface area contributed by atoms with Crippen LogP contribution < -0.4 is 5.32 Å². The molecule has 11 nitrogen and oxygen atoms in total. The Morgan fingerprint density at radius 2 is 0.851 bits per heavy atom. The molecule has 0 aromatic heterocycles. The molecule has 1 heterocycles. The molecule has 0 aromatic carbocycles. The van der Waals surface area contributed by atoms with Crippen molar-refractivity contribution in [3.05, 3.63) is 12.2 Å². The number of allylic oxidation sites excluding steroid dienone is 1. The summed E-state index contributed by atoms with van der Waals surface area (Å²) in [5, 5.41) is 54.3. The Morgan fingerprint density at radius 1 is 0.486 bits per heavy atom. The third-order valence-electron chi connectivity index (χ3n) is 15.4. The van der Waals surface area contributed by atoms with Gasteiger partial charge in [-0.15, -0.1) is 0 Å². The average molecular weight is 1050 g/mol. The number of rotatable bonds is 56. The third kappa shape index (κ3) is 42.4. The molecular weight excluding hydrogens is 931 g/mol. The molecule has 0 aromatic rings. The van der Waals surface area contributed by atoms with E-state index in [4.69, 9.17) is 14.2 Å². The van der Waals surface area contributed by atoms with Gasteiger partial charge in [0.15, 0.2) is 6.29 Å². The van der Waals surface area contributed by atoms with Crippen LogP contribution in [0.15, 0.2) is 12.2 Å². The number of carbonyl (C=O) groups excluding carboxylic acids is 2. The van der Waals surface area contributed by atoms with Gasteiger partial charge in [-0.25, -0.2) is 0 Å². The second-order valence-corrected chi connectivity index (χ2v) is 22.5. The Hall–Kier alpha value is -1.60. The zero-order chi connectivity index (χ0) is 53.8. The van der Waals surface area contributed by atoms with Gasteiger partial charge in [-0.05, 0) is 32.1 Å². The lowest BCUT2D eigenvalue weighted by molar-refractivity contribution is -0.302. The maximum Gasteiger partial charge on any atom is 0.305 e. The predicted molar refractivity (Wildman–Crippen MR) is 306 cm³/mol. The Labute approximate surface area is 455 Å². The minimum atomic E-state index is -1.57. The number of unbranched alkanes of at least 4 members (excludes halogenated alkanes) is 42. The Bertz CT molecular complexity index is 1240. The van der Waals surface area contributed by atoms with Gasteiger partial charge in [-0.1, -0.05) is 283 Å². The normalized spacial score (nSPS) is 18.8. The van der Waals surface area contributed by atoms with E-state index in [0.29, 0.717) is 19.4 Å². The number of aliphatic hydroxyl groups excluding tert-OH is 5. The van der Waals surface area contributed by atoms with E-state index in [2.05, 4.69) is 19.2 Å². The van der Waals surface area contributed by atoms with E-state index in [1.54, 1.807) is 6.08 Å². The van der Waals surface area contributed by atoms with Gasteiger partial charge in [-0.2, -0.15) is 0 Å². The number of ether oxygens (including phenoxy) is 3. The standard InChI is InChI=1S/C63H121NO10/c1-3-5-7-9-11-13-29-33-37-41-45-49-56(66)55(54-73-63-62(71)61(70)60(69)57(53-65)74-63)64-58(67)50-46-42-38-34-31-27-25-23-21-19-17-15-16-18-20-22-24-26-28-32-36-40-44-48-52-72-59(68)51-47-43-39-35-30-14-12-10-8-6-4-2/h45,49,55-57,60-63,65-66,69-71H,3-44,46-48,50-54H2,1-2H3,(H,64,67)/b49-45+. The molecule has 74 heavy (non-hydrogen) atoms. The SMILES string of the molecule is CCCCCCCCCCC/C=C/C(O)C(COC1OC(CO)C(O)C(O)C1O)NC(=O)CCCCCCCCCCCCCCCCCCCCCCCCCCOC(=O)CCCCCCCCCCCCC. The van der Waals surface area contributed by atoms with Crippen LogP contribution in [0.1, 0.15) is 316 Å². The fourth-order valence-electron chi connectivity index (χ4n) is 10.3. The molecule has 1 rings (SSSR count). The van der Waals surface area contributed by atoms with Gasteiger partial charge in [0.1, 0.15) is 24.4 Å². The molecule has 6 N–H and O–H groups in total. The summed E-state index contributed by atoms with van der Waals surface area (Å²) >= 11 is 0. The van der Waals surface area contributed by atoms with E-state index in [1.165, 1.54) is 231 Å². The molecule has 7 unspecified atom stereocenters. The highest BCUT2D eigenvalue weighted by atomic mass is 16.7. The Kier molecular flexibility index (Phi) is 50.8. The van der Waals surface area contributed by atoms with Gasteiger partial charge in [0, 0.05) is 12.8 Å². The van der Waals surface area contributed by atoms with Crippen LogP contribution in [0.2, 0.25) is 0 Å². The van der Waals surface area contributed by atoms with Gasteiger partial charge in [0.05, 0.1) is 32.0 Å². The van der Waals surface area contributed by atoms with Gasteiger partial charge >= 0.3 is 5.97 Å². The summed E-state index contributed by atoms with van der Waals surface area (Å²) in [6.07, 6.45) is 53.2. The minimum Gasteiger partial charge on any atom is -0.466 e. The Balaban J connectivity index is 2.00. The van der Waals surface area contributed by atoms with Crippen LogP contribution >= 0.6 is 0 Å². The zero-order valence-electron chi connectivity index (χ0n) is 48.3. The molecule has 0 saturated carbocycles. The highest BCUT2D eigenvalue weighted by molar-refractivity contribution is 5.76. The number of esters is 1. The first-order chi connectivity index (χ1) is 36.2. The van der Waals surface area contributed by atoms with Crippen molar-refractivity contribution in [2.24, 2.45) is 0 Å². The molecule has 1 saturated heterocycles. The molecular formula is C63H121NO10. The summed E-state index contributed by atoms with van der Waals surface area (Å²) in [6.45, 7) is 4.35. The largest absolute Gasteiger partial charge is 0.466 e. The molecule has 0 aliphatic carbocycles. The highest BCUT2D eigenvalue weighted by Gasteiger charge is 2.44. The van der Waals surface area contributed by atoms with E-state index in [0.717, 1.165) is 57.8 Å². The summed E-state index contributed by atoms with van der Waals surface area (Å²) in [4.78, 5) is 25.0. The zero-order valence-corrected chi connectivity index (χ0v) is 48.3. The second kappa shape index (κ2) is 53.4. The van der Waals surface area contributed by atoms with Crippen molar-refractivity contribution in [1.29, 1.82) is 0 Å². The second-order valence-electron chi connectivity index (χ2n) is 22.5. The first-order valence-corrected chi connectivity index (χ1v) is 32.0. The molecule has 1 aliphatic rings. The molecule has 7 atom stereocenters. The van der Waals surface area contributed by atoms with Crippen LogP contribution in [0.25, 0.3) is 0 Å². The number of amides is 1. The number of nitrogens with one attached hydrogen (secondary N) is 1. The predicted octanol–water partition coefficient (Wildman–Crippen LogP) is 15.1. The molecule has 11 heteroatoms. The summed E-state index contributed by atoms with van der Waals surface area (Å²) in [5.41, 5.74) is 0. The molecule has 1 amide bonds. The molecule has 1 fully saturated rings. The van der Waals surface area contributed by atoms with Crippen LogP contribution in [-0.2, 0) is 23.8 Å². The number of carbonyl (C=O) groups is 2. The van der Waals surface area contributed by atoms with Gasteiger partial charge in [-0.3, -0.25) is 9.59 Å². The van der Waals surface area contributed by atoms with Crippen LogP contribution in [0.3, 0.4) is 0 Å². The maximum atomic E-state index is 13.0. The van der Waals surface area contributed by atoms with Crippen LogP contribution in [0.4, 0.5) is 0 Å². The van der Waals surface area contributed by atoms with E-state index >= 15 is 0 Å². The van der Waals surface area contributed by atoms with Crippen LogP contribution in [0.5, 0.6) is 0 Å². The van der Waals surface area contributed by atoms with E-state index < -0.39 is 49.5 Å². The number of hydrogen-bond acceptors (Lipinski definition) is 10. The van der Waals surface area contributed by atoms with Crippen molar-refractivity contribution < 1.29 is 49.3 Å². The fraction of sp³-hybridized carbons (Fsp3) is 0.937. The van der Waals surface area contributed by atoms with Crippen molar-refractivity contribution >= 4 is 11.9 Å². The van der Waals surface area contributed by atoms with E-state index in [1.807, 2.05) is 6.08 Å². The van der Waals surface area contributed by atoms with Crippen LogP contribution in [0, 0.1) is 0 Å². The van der Waals surface area contributed by atoms with Gasteiger partial charge in [0.2, 0.25) is 5.91 Å². The molecule has 0 radical (unpaired) electrons. The topological polar surface area (TPSA) is 175 Å². The summed E-state index contributed by atoms with van der Waals surface area (Å²) in [7, 11) is 0. The lowest BCUT2D eigenvalue weighted by Gasteiger charge is -2.40. The van der Waals surface area contributed by atoms with Crippen LogP contribution in [-0.4, -0.2) is 100 Å². The Morgan fingerprint density at radius 3 is 1.26 bits per heavy atom. The lowest BCUT2D eigenvalue weighted by Crippen LogP contribution is -2.60. The van der Waals surface area contributed by atoms with Crippen molar-refractivity contribution in [2.75, 3.05) is 19.8 Å². The average Bonchev–Trinajstić information content (AvgIpc) is 3.40. The molecule has 438 valence electrons. The fourth-order valence-corrected chi connectivity index (χ4v) is 10.3. The monoisotopic (exact) mass is 1050 g/mol. The highest BCUT2D eigenvalue weighted by Crippen LogP contribution is 2.23. The minimum absolute atomic E-state index is 0.00450. The summed E-state index contributed by atoms with van der Waals surface area (Å²) < 4.78 is 16.7. The van der Waals surface area contributed by atoms with Crippen molar-refractivity contribution in [2.45, 2.75) is 358 Å².